The quantitative estimate of drug-likeness (QED) is 0.182. The Balaban J connectivity index is 1.05. The van der Waals surface area contributed by atoms with Crippen LogP contribution in [0.5, 0.6) is 0 Å². The Bertz CT molecular complexity index is 2110. The number of imidazole rings is 1. The van der Waals surface area contributed by atoms with Gasteiger partial charge in [-0.3, -0.25) is 9.59 Å². The zero-order valence-corrected chi connectivity index (χ0v) is 26.6. The zero-order chi connectivity index (χ0) is 32.7. The number of fused-ring (bicyclic) bond motifs is 4. The molecule has 0 saturated heterocycles. The van der Waals surface area contributed by atoms with Gasteiger partial charge in [0.1, 0.15) is 34.3 Å². The van der Waals surface area contributed by atoms with Crippen LogP contribution < -0.4 is 10.6 Å². The molecular formula is C38H36FN5O3. The molecule has 2 N–H and O–H groups in total. The molecule has 0 aliphatic carbocycles. The molecule has 0 radical (unpaired) electrons. The van der Waals surface area contributed by atoms with Crippen LogP contribution in [0.2, 0.25) is 0 Å². The summed E-state index contributed by atoms with van der Waals surface area (Å²) in [5.41, 5.74) is 5.41. The van der Waals surface area contributed by atoms with Gasteiger partial charge in [0.25, 0.3) is 0 Å². The maximum atomic E-state index is 13.8. The van der Waals surface area contributed by atoms with E-state index in [0.29, 0.717) is 31.0 Å². The highest BCUT2D eigenvalue weighted by molar-refractivity contribution is 6.05. The summed E-state index contributed by atoms with van der Waals surface area (Å²) in [6.45, 7) is 6.80. The summed E-state index contributed by atoms with van der Waals surface area (Å²) in [4.78, 5) is 33.2. The Morgan fingerprint density at radius 3 is 2.45 bits per heavy atom. The van der Waals surface area contributed by atoms with Crippen molar-refractivity contribution in [3.8, 4) is 11.3 Å². The van der Waals surface area contributed by atoms with Gasteiger partial charge in [-0.1, -0.05) is 42.0 Å². The number of amides is 2. The molecule has 2 amide bonds. The first-order valence-corrected chi connectivity index (χ1v) is 15.9. The fourth-order valence-corrected chi connectivity index (χ4v) is 6.43. The number of aryl methyl sites for hydroxylation is 2. The van der Waals surface area contributed by atoms with Gasteiger partial charge in [0.2, 0.25) is 11.8 Å². The van der Waals surface area contributed by atoms with Crippen molar-refractivity contribution in [2.24, 2.45) is 0 Å². The normalized spacial score (nSPS) is 13.9. The molecule has 1 aliphatic heterocycles. The largest absolute Gasteiger partial charge is 0.456 e. The Labute approximate surface area is 272 Å². The minimum atomic E-state index is -0.773. The minimum Gasteiger partial charge on any atom is -0.456 e. The maximum Gasteiger partial charge on any atom is 0.242 e. The smallest absolute Gasteiger partial charge is 0.242 e. The second-order valence-corrected chi connectivity index (χ2v) is 12.6. The standard InChI is InChI=1S/C38H36FN5O3/c1-24-8-16-28(17-9-24)41-36-35(26-12-14-27(39)15-13-26)42-37-38(2,3)44(21-20-43(36)37)34(46)23-40-33(45)19-11-25-10-18-32-30(22-25)29-6-4-5-7-31(29)47-32/h4-10,12-18,22,41H,11,19-21,23H2,1-3H3,(H,40,45). The number of carbonyl (C=O) groups excluding carboxylic acids is 2. The molecule has 7 rings (SSSR count). The van der Waals surface area contributed by atoms with E-state index in [1.165, 1.54) is 12.1 Å². The molecule has 6 aromatic rings. The Kier molecular flexibility index (Phi) is 7.75. The SMILES string of the molecule is Cc1ccc(Nc2c(-c3ccc(F)cc3)nc3n2CCN(C(=O)CNC(=O)CCc2ccc4oc5ccccc5c4c2)C3(C)C)cc1. The van der Waals surface area contributed by atoms with Crippen LogP contribution in [-0.4, -0.2) is 39.4 Å². The number of nitrogens with zero attached hydrogens (tertiary/aromatic N) is 3. The summed E-state index contributed by atoms with van der Waals surface area (Å²) in [5, 5.41) is 8.44. The lowest BCUT2D eigenvalue weighted by molar-refractivity contribution is -0.139. The number of nitrogens with one attached hydrogen (secondary N) is 2. The van der Waals surface area contributed by atoms with Crippen LogP contribution in [0.3, 0.4) is 0 Å². The van der Waals surface area contributed by atoms with Crippen molar-refractivity contribution in [1.29, 1.82) is 0 Å². The van der Waals surface area contributed by atoms with E-state index in [4.69, 9.17) is 9.40 Å². The lowest BCUT2D eigenvalue weighted by Gasteiger charge is -2.42. The predicted molar refractivity (Wildman–Crippen MR) is 182 cm³/mol. The van der Waals surface area contributed by atoms with Crippen molar-refractivity contribution in [2.75, 3.05) is 18.4 Å². The number of halogens is 1. The van der Waals surface area contributed by atoms with Gasteiger partial charge in [0.15, 0.2) is 0 Å². The van der Waals surface area contributed by atoms with Gasteiger partial charge in [-0.2, -0.15) is 0 Å². The lowest BCUT2D eigenvalue weighted by atomic mass is 9.99. The third kappa shape index (κ3) is 5.85. The molecule has 1 aliphatic rings. The molecule has 0 atom stereocenters. The van der Waals surface area contributed by atoms with E-state index >= 15 is 0 Å². The highest BCUT2D eigenvalue weighted by Crippen LogP contribution is 2.39. The molecule has 9 heteroatoms. The molecule has 8 nitrogen and oxygen atoms in total. The number of hydrogen-bond donors (Lipinski definition) is 2. The van der Waals surface area contributed by atoms with Gasteiger partial charge in [-0.05, 0) is 87.4 Å². The predicted octanol–water partition coefficient (Wildman–Crippen LogP) is 7.47. The highest BCUT2D eigenvalue weighted by atomic mass is 19.1. The topological polar surface area (TPSA) is 92.4 Å². The fourth-order valence-electron chi connectivity index (χ4n) is 6.43. The molecule has 0 saturated carbocycles. The Hall–Kier alpha value is -5.44. The minimum absolute atomic E-state index is 0.104. The number of furan rings is 1. The van der Waals surface area contributed by atoms with Crippen molar-refractivity contribution in [3.63, 3.8) is 0 Å². The molecule has 47 heavy (non-hydrogen) atoms. The summed E-state index contributed by atoms with van der Waals surface area (Å²) in [6.07, 6.45) is 0.808. The molecular weight excluding hydrogens is 593 g/mol. The average Bonchev–Trinajstić information content (AvgIpc) is 3.63. The van der Waals surface area contributed by atoms with Crippen molar-refractivity contribution < 1.29 is 18.4 Å². The van der Waals surface area contributed by atoms with E-state index in [-0.39, 0.29) is 30.6 Å². The van der Waals surface area contributed by atoms with Gasteiger partial charge in [-0.25, -0.2) is 9.37 Å². The van der Waals surface area contributed by atoms with Gasteiger partial charge >= 0.3 is 0 Å². The van der Waals surface area contributed by atoms with Crippen molar-refractivity contribution in [3.05, 3.63) is 114 Å². The fraction of sp³-hybridized carbons (Fsp3) is 0.237. The number of carbonyl (C=O) groups is 2. The lowest BCUT2D eigenvalue weighted by Crippen LogP contribution is -2.54. The van der Waals surface area contributed by atoms with Gasteiger partial charge in [-0.15, -0.1) is 0 Å². The van der Waals surface area contributed by atoms with E-state index < -0.39 is 5.54 Å². The van der Waals surface area contributed by atoms with Crippen LogP contribution in [0.15, 0.2) is 95.4 Å². The van der Waals surface area contributed by atoms with Gasteiger partial charge < -0.3 is 24.5 Å². The monoisotopic (exact) mass is 629 g/mol. The van der Waals surface area contributed by atoms with Crippen molar-refractivity contribution >= 4 is 45.3 Å². The molecule has 4 aromatic carbocycles. The number of benzene rings is 4. The van der Waals surface area contributed by atoms with Crippen LogP contribution in [0, 0.1) is 12.7 Å². The Morgan fingerprint density at radius 1 is 0.915 bits per heavy atom. The van der Waals surface area contributed by atoms with E-state index in [9.17, 15) is 14.0 Å². The van der Waals surface area contributed by atoms with E-state index in [0.717, 1.165) is 50.1 Å². The number of hydrogen-bond acceptors (Lipinski definition) is 5. The molecule has 2 aromatic heterocycles. The summed E-state index contributed by atoms with van der Waals surface area (Å²) >= 11 is 0. The van der Waals surface area contributed by atoms with Crippen LogP contribution in [0.4, 0.5) is 15.9 Å². The third-order valence-electron chi connectivity index (χ3n) is 8.99. The van der Waals surface area contributed by atoms with Gasteiger partial charge in [0, 0.05) is 41.5 Å². The van der Waals surface area contributed by atoms with Gasteiger partial charge in [0.05, 0.1) is 12.1 Å². The zero-order valence-electron chi connectivity index (χ0n) is 26.6. The van der Waals surface area contributed by atoms with Crippen LogP contribution in [0.25, 0.3) is 33.2 Å². The molecule has 0 unspecified atom stereocenters. The van der Waals surface area contributed by atoms with Crippen LogP contribution in [-0.2, 0) is 28.1 Å². The second-order valence-electron chi connectivity index (χ2n) is 12.6. The first-order valence-electron chi connectivity index (χ1n) is 15.9. The number of aromatic nitrogens is 2. The summed E-state index contributed by atoms with van der Waals surface area (Å²) in [6, 6.07) is 28.2. The van der Waals surface area contributed by atoms with Crippen molar-refractivity contribution in [2.45, 2.75) is 45.7 Å². The molecule has 3 heterocycles. The molecule has 0 spiro atoms. The molecule has 0 fully saturated rings. The van der Waals surface area contributed by atoms with E-state index in [2.05, 4.69) is 21.3 Å². The third-order valence-corrected chi connectivity index (χ3v) is 8.99. The first-order chi connectivity index (χ1) is 22.7. The van der Waals surface area contributed by atoms with Crippen molar-refractivity contribution in [1.82, 2.24) is 19.8 Å². The number of anilines is 2. The Morgan fingerprint density at radius 2 is 1.66 bits per heavy atom. The summed E-state index contributed by atoms with van der Waals surface area (Å²) < 4.78 is 21.8. The van der Waals surface area contributed by atoms with Crippen LogP contribution >= 0.6 is 0 Å². The molecule has 238 valence electrons. The second kappa shape index (κ2) is 12.1. The van der Waals surface area contributed by atoms with Crippen LogP contribution in [0.1, 0.15) is 37.2 Å². The van der Waals surface area contributed by atoms with E-state index in [1.54, 1.807) is 17.0 Å². The average molecular weight is 630 g/mol. The first kappa shape index (κ1) is 30.2. The number of para-hydroxylation sites is 1. The number of rotatable bonds is 8. The summed E-state index contributed by atoms with van der Waals surface area (Å²) in [7, 11) is 0. The highest BCUT2D eigenvalue weighted by Gasteiger charge is 2.41. The summed E-state index contributed by atoms with van der Waals surface area (Å²) in [5.74, 6) is 0.804. The van der Waals surface area contributed by atoms with E-state index in [1.807, 2.05) is 81.4 Å². The maximum absolute atomic E-state index is 13.8. The molecule has 0 bridgehead atoms.